The number of amides is 2. The SMILES string of the molecule is NC(=O)c1cc(O)ccc1NC=O. The average molecular weight is 180 g/mol. The first-order valence-electron chi connectivity index (χ1n) is 3.48. The lowest BCUT2D eigenvalue weighted by atomic mass is 10.1. The summed E-state index contributed by atoms with van der Waals surface area (Å²) in [6, 6.07) is 3.93. The molecule has 68 valence electrons. The van der Waals surface area contributed by atoms with E-state index >= 15 is 0 Å². The molecule has 4 N–H and O–H groups in total. The normalized spacial score (nSPS) is 9.23. The third-order valence-electron chi connectivity index (χ3n) is 1.48. The molecule has 0 saturated carbocycles. The van der Waals surface area contributed by atoms with Crippen molar-refractivity contribution in [1.29, 1.82) is 0 Å². The Kier molecular flexibility index (Phi) is 2.49. The van der Waals surface area contributed by atoms with E-state index in [0.29, 0.717) is 6.41 Å². The molecular formula is C8H8N2O3. The molecule has 0 atom stereocenters. The van der Waals surface area contributed by atoms with Crippen LogP contribution < -0.4 is 11.1 Å². The Labute approximate surface area is 74.2 Å². The molecule has 0 unspecified atom stereocenters. The molecule has 0 aromatic heterocycles. The maximum Gasteiger partial charge on any atom is 0.250 e. The summed E-state index contributed by atoms with van der Waals surface area (Å²) >= 11 is 0. The van der Waals surface area contributed by atoms with E-state index in [4.69, 9.17) is 10.8 Å². The van der Waals surface area contributed by atoms with Crippen LogP contribution >= 0.6 is 0 Å². The van der Waals surface area contributed by atoms with Gasteiger partial charge in [0.25, 0.3) is 5.91 Å². The van der Waals surface area contributed by atoms with E-state index in [0.717, 1.165) is 0 Å². The number of hydrogen-bond acceptors (Lipinski definition) is 3. The molecule has 0 aliphatic carbocycles. The summed E-state index contributed by atoms with van der Waals surface area (Å²) in [6.07, 6.45) is 0.429. The monoisotopic (exact) mass is 180 g/mol. The molecule has 0 aliphatic heterocycles. The first kappa shape index (κ1) is 9.05. The van der Waals surface area contributed by atoms with Gasteiger partial charge in [-0.3, -0.25) is 9.59 Å². The van der Waals surface area contributed by atoms with Crippen LogP contribution in [0.4, 0.5) is 5.69 Å². The molecule has 2 amide bonds. The number of aromatic hydroxyl groups is 1. The van der Waals surface area contributed by atoms with E-state index < -0.39 is 5.91 Å². The van der Waals surface area contributed by atoms with E-state index in [2.05, 4.69) is 5.32 Å². The quantitative estimate of drug-likeness (QED) is 0.453. The van der Waals surface area contributed by atoms with E-state index in [-0.39, 0.29) is 17.0 Å². The van der Waals surface area contributed by atoms with Gasteiger partial charge in [-0.25, -0.2) is 0 Å². The standard InChI is InChI=1S/C8H8N2O3/c9-8(13)6-3-5(12)1-2-7(6)10-4-11/h1-4,12H,(H2,9,13)(H,10,11). The number of primary amides is 1. The highest BCUT2D eigenvalue weighted by Gasteiger charge is 2.07. The predicted octanol–water partition coefficient (Wildman–Crippen LogP) is 0.0594. The molecule has 0 radical (unpaired) electrons. The molecule has 5 nitrogen and oxygen atoms in total. The van der Waals surface area contributed by atoms with Crippen LogP contribution in [0, 0.1) is 0 Å². The predicted molar refractivity (Wildman–Crippen MR) is 46.3 cm³/mol. The van der Waals surface area contributed by atoms with Gasteiger partial charge in [-0.05, 0) is 18.2 Å². The van der Waals surface area contributed by atoms with Gasteiger partial charge in [0.1, 0.15) is 5.75 Å². The van der Waals surface area contributed by atoms with Crippen LogP contribution in [-0.4, -0.2) is 17.4 Å². The molecule has 13 heavy (non-hydrogen) atoms. The number of carbonyl (C=O) groups is 2. The number of nitrogens with two attached hydrogens (primary N) is 1. The van der Waals surface area contributed by atoms with Crippen molar-refractivity contribution in [3.63, 3.8) is 0 Å². The molecule has 0 spiro atoms. The van der Waals surface area contributed by atoms with Crippen LogP contribution in [-0.2, 0) is 4.79 Å². The highest BCUT2D eigenvalue weighted by molar-refractivity contribution is 6.00. The number of rotatable bonds is 3. The fraction of sp³-hybridized carbons (Fsp3) is 0. The Bertz CT molecular complexity index is 349. The van der Waals surface area contributed by atoms with E-state index in [9.17, 15) is 9.59 Å². The van der Waals surface area contributed by atoms with Gasteiger partial charge in [-0.15, -0.1) is 0 Å². The number of carbonyl (C=O) groups excluding carboxylic acids is 2. The Balaban J connectivity index is 3.17. The van der Waals surface area contributed by atoms with Gasteiger partial charge in [0.15, 0.2) is 0 Å². The average Bonchev–Trinajstić information content (AvgIpc) is 2.08. The Morgan fingerprint density at radius 3 is 2.77 bits per heavy atom. The number of phenols is 1. The molecule has 0 aliphatic rings. The van der Waals surface area contributed by atoms with E-state index in [1.54, 1.807) is 0 Å². The zero-order chi connectivity index (χ0) is 9.84. The second-order valence-electron chi connectivity index (χ2n) is 2.36. The third-order valence-corrected chi connectivity index (χ3v) is 1.48. The summed E-state index contributed by atoms with van der Waals surface area (Å²) < 4.78 is 0. The van der Waals surface area contributed by atoms with Crippen molar-refractivity contribution >= 4 is 18.0 Å². The Morgan fingerprint density at radius 2 is 2.23 bits per heavy atom. The molecular weight excluding hydrogens is 172 g/mol. The van der Waals surface area contributed by atoms with Crippen LogP contribution in [0.2, 0.25) is 0 Å². The van der Waals surface area contributed by atoms with Gasteiger partial charge in [0, 0.05) is 0 Å². The minimum atomic E-state index is -0.708. The molecule has 1 rings (SSSR count). The first-order valence-corrected chi connectivity index (χ1v) is 3.48. The number of phenolic OH excluding ortho intramolecular Hbond substituents is 1. The summed E-state index contributed by atoms with van der Waals surface area (Å²) in [5.74, 6) is -0.787. The van der Waals surface area contributed by atoms with Gasteiger partial charge in [-0.2, -0.15) is 0 Å². The lowest BCUT2D eigenvalue weighted by Crippen LogP contribution is -2.13. The lowest BCUT2D eigenvalue weighted by molar-refractivity contribution is -0.105. The van der Waals surface area contributed by atoms with Crippen molar-refractivity contribution in [3.8, 4) is 5.75 Å². The topological polar surface area (TPSA) is 92.4 Å². The van der Waals surface area contributed by atoms with Gasteiger partial charge in [0.05, 0.1) is 11.3 Å². The second kappa shape index (κ2) is 3.57. The largest absolute Gasteiger partial charge is 0.508 e. The molecule has 1 aromatic rings. The summed E-state index contributed by atoms with van der Waals surface area (Å²) in [5, 5.41) is 11.3. The Hall–Kier alpha value is -2.04. The Morgan fingerprint density at radius 1 is 1.54 bits per heavy atom. The molecule has 0 fully saturated rings. The van der Waals surface area contributed by atoms with Crippen LogP contribution in [0.25, 0.3) is 0 Å². The smallest absolute Gasteiger partial charge is 0.250 e. The van der Waals surface area contributed by atoms with Crippen molar-refractivity contribution in [1.82, 2.24) is 0 Å². The highest BCUT2D eigenvalue weighted by atomic mass is 16.3. The van der Waals surface area contributed by atoms with Crippen molar-refractivity contribution in [2.24, 2.45) is 5.73 Å². The summed E-state index contributed by atoms with van der Waals surface area (Å²) in [6.45, 7) is 0. The van der Waals surface area contributed by atoms with Crippen LogP contribution in [0.5, 0.6) is 5.75 Å². The number of anilines is 1. The first-order chi connectivity index (χ1) is 6.15. The highest BCUT2D eigenvalue weighted by Crippen LogP contribution is 2.19. The second-order valence-corrected chi connectivity index (χ2v) is 2.36. The lowest BCUT2D eigenvalue weighted by Gasteiger charge is -2.04. The van der Waals surface area contributed by atoms with Crippen molar-refractivity contribution in [2.75, 3.05) is 5.32 Å². The molecule has 0 saturated heterocycles. The molecule has 5 heteroatoms. The maximum absolute atomic E-state index is 10.8. The van der Waals surface area contributed by atoms with Crippen molar-refractivity contribution in [3.05, 3.63) is 23.8 Å². The summed E-state index contributed by atoms with van der Waals surface area (Å²) in [4.78, 5) is 20.9. The van der Waals surface area contributed by atoms with Crippen molar-refractivity contribution < 1.29 is 14.7 Å². The summed E-state index contributed by atoms with van der Waals surface area (Å²) in [5.41, 5.74) is 5.36. The molecule has 0 bridgehead atoms. The number of nitrogens with one attached hydrogen (secondary N) is 1. The third kappa shape index (κ3) is 1.96. The van der Waals surface area contributed by atoms with E-state index in [1.165, 1.54) is 18.2 Å². The van der Waals surface area contributed by atoms with Gasteiger partial charge in [-0.1, -0.05) is 0 Å². The summed E-state index contributed by atoms with van der Waals surface area (Å²) in [7, 11) is 0. The minimum absolute atomic E-state index is 0.0760. The van der Waals surface area contributed by atoms with Crippen molar-refractivity contribution in [2.45, 2.75) is 0 Å². The maximum atomic E-state index is 10.8. The molecule has 1 aromatic carbocycles. The fourth-order valence-electron chi connectivity index (χ4n) is 0.925. The zero-order valence-electron chi connectivity index (χ0n) is 6.65. The van der Waals surface area contributed by atoms with Gasteiger partial charge < -0.3 is 16.2 Å². The van der Waals surface area contributed by atoms with Crippen LogP contribution in [0.3, 0.4) is 0 Å². The van der Waals surface area contributed by atoms with Crippen LogP contribution in [0.15, 0.2) is 18.2 Å². The molecule has 0 heterocycles. The van der Waals surface area contributed by atoms with Gasteiger partial charge in [0.2, 0.25) is 6.41 Å². The van der Waals surface area contributed by atoms with Gasteiger partial charge >= 0.3 is 0 Å². The minimum Gasteiger partial charge on any atom is -0.508 e. The number of benzene rings is 1. The zero-order valence-corrected chi connectivity index (χ0v) is 6.65. The van der Waals surface area contributed by atoms with Crippen LogP contribution in [0.1, 0.15) is 10.4 Å². The fourth-order valence-corrected chi connectivity index (χ4v) is 0.925. The number of hydrogen-bond donors (Lipinski definition) is 3. The van der Waals surface area contributed by atoms with E-state index in [1.807, 2.05) is 0 Å².